The molecule has 0 radical (unpaired) electrons. The third kappa shape index (κ3) is 3.88. The number of hydrogen-bond acceptors (Lipinski definition) is 4. The number of aromatic amines is 2. The molecule has 4 heterocycles. The molecule has 0 unspecified atom stereocenters. The van der Waals surface area contributed by atoms with Crippen molar-refractivity contribution in [1.29, 1.82) is 0 Å². The van der Waals surface area contributed by atoms with Crippen LogP contribution in [0.1, 0.15) is 30.3 Å². The second kappa shape index (κ2) is 8.45. The average Bonchev–Trinajstić information content (AvgIpc) is 3.45. The summed E-state index contributed by atoms with van der Waals surface area (Å²) in [5, 5.41) is 4.51. The zero-order chi connectivity index (χ0) is 22.4. The predicted octanol–water partition coefficient (Wildman–Crippen LogP) is 6.17. The number of nitrogens with zero attached hydrogens (tertiary/aromatic N) is 2. The van der Waals surface area contributed by atoms with Gasteiger partial charge in [-0.2, -0.15) is 0 Å². The predicted molar refractivity (Wildman–Crippen MR) is 136 cm³/mol. The number of hydrogen-bond donors (Lipinski definition) is 2. The number of rotatable bonds is 4. The van der Waals surface area contributed by atoms with E-state index in [4.69, 9.17) is 16.6 Å². The molecular formula is C26H23ClN4OS. The van der Waals surface area contributed by atoms with Gasteiger partial charge in [-0.25, -0.2) is 4.98 Å². The largest absolute Gasteiger partial charge is 0.358 e. The van der Waals surface area contributed by atoms with Crippen molar-refractivity contribution in [3.63, 3.8) is 0 Å². The van der Waals surface area contributed by atoms with E-state index in [1.54, 1.807) is 0 Å². The number of nitrogens with one attached hydrogen (secondary N) is 2. The van der Waals surface area contributed by atoms with Gasteiger partial charge in [-0.3, -0.25) is 9.69 Å². The van der Waals surface area contributed by atoms with Crippen LogP contribution in [0.5, 0.6) is 0 Å². The number of halogens is 1. The van der Waals surface area contributed by atoms with Gasteiger partial charge in [-0.15, -0.1) is 11.3 Å². The van der Waals surface area contributed by atoms with Crippen molar-refractivity contribution in [2.45, 2.75) is 25.3 Å². The molecule has 0 amide bonds. The van der Waals surface area contributed by atoms with Crippen LogP contribution < -0.4 is 5.56 Å². The van der Waals surface area contributed by atoms with Gasteiger partial charge in [-0.1, -0.05) is 48.0 Å². The highest BCUT2D eigenvalue weighted by Gasteiger charge is 2.23. The quantitative estimate of drug-likeness (QED) is 0.327. The lowest BCUT2D eigenvalue weighted by molar-refractivity contribution is 0.199. The first-order valence-corrected chi connectivity index (χ1v) is 12.5. The molecule has 1 aliphatic heterocycles. The van der Waals surface area contributed by atoms with Gasteiger partial charge in [0, 0.05) is 38.7 Å². The highest BCUT2D eigenvalue weighted by Crippen LogP contribution is 2.35. The first-order chi connectivity index (χ1) is 16.2. The van der Waals surface area contributed by atoms with Crippen molar-refractivity contribution < 1.29 is 0 Å². The summed E-state index contributed by atoms with van der Waals surface area (Å²) in [4.78, 5) is 27.5. The molecule has 2 N–H and O–H groups in total. The van der Waals surface area contributed by atoms with E-state index in [2.05, 4.69) is 45.2 Å². The monoisotopic (exact) mass is 474 g/mol. The van der Waals surface area contributed by atoms with Crippen molar-refractivity contribution >= 4 is 44.1 Å². The highest BCUT2D eigenvalue weighted by atomic mass is 35.5. The molecular weight excluding hydrogens is 452 g/mol. The zero-order valence-electron chi connectivity index (χ0n) is 18.0. The fraction of sp³-hybridized carbons (Fsp3) is 0.231. The number of aromatic nitrogens is 3. The molecule has 33 heavy (non-hydrogen) atoms. The van der Waals surface area contributed by atoms with E-state index in [1.807, 2.05) is 29.6 Å². The summed E-state index contributed by atoms with van der Waals surface area (Å²) < 4.78 is 0. The summed E-state index contributed by atoms with van der Waals surface area (Å²) >= 11 is 7.87. The van der Waals surface area contributed by atoms with Gasteiger partial charge in [0.1, 0.15) is 10.7 Å². The van der Waals surface area contributed by atoms with Gasteiger partial charge < -0.3 is 9.97 Å². The van der Waals surface area contributed by atoms with E-state index in [1.165, 1.54) is 27.9 Å². The summed E-state index contributed by atoms with van der Waals surface area (Å²) in [6, 6.07) is 18.3. The molecule has 0 bridgehead atoms. The van der Waals surface area contributed by atoms with Crippen LogP contribution in [0, 0.1) is 0 Å². The number of H-pyrrole nitrogens is 2. The third-order valence-electron chi connectivity index (χ3n) is 6.61. The Morgan fingerprint density at radius 3 is 2.64 bits per heavy atom. The molecule has 1 fully saturated rings. The number of fused-ring (bicyclic) bond motifs is 2. The summed E-state index contributed by atoms with van der Waals surface area (Å²) in [5.41, 5.74) is 4.15. The first-order valence-electron chi connectivity index (χ1n) is 11.2. The van der Waals surface area contributed by atoms with Crippen LogP contribution in [-0.2, 0) is 6.54 Å². The van der Waals surface area contributed by atoms with Crippen molar-refractivity contribution in [1.82, 2.24) is 19.9 Å². The van der Waals surface area contributed by atoms with E-state index < -0.39 is 0 Å². The van der Waals surface area contributed by atoms with Crippen LogP contribution >= 0.6 is 22.9 Å². The molecule has 5 aromatic rings. The molecule has 1 saturated heterocycles. The van der Waals surface area contributed by atoms with Crippen molar-refractivity contribution in [2.75, 3.05) is 13.1 Å². The SMILES string of the molecule is O=c1[nH]c(CN2CCC(c3cc4ccccc4[nH]3)CC2)nc2scc(-c3ccccc3Cl)c12. The van der Waals surface area contributed by atoms with E-state index in [0.29, 0.717) is 22.9 Å². The van der Waals surface area contributed by atoms with Crippen molar-refractivity contribution in [3.05, 3.63) is 86.9 Å². The van der Waals surface area contributed by atoms with Gasteiger partial charge in [-0.05, 0) is 49.5 Å². The van der Waals surface area contributed by atoms with E-state index >= 15 is 0 Å². The van der Waals surface area contributed by atoms with Crippen LogP contribution in [-0.4, -0.2) is 32.9 Å². The molecule has 166 valence electrons. The van der Waals surface area contributed by atoms with Gasteiger partial charge in [0.15, 0.2) is 0 Å². The zero-order valence-corrected chi connectivity index (χ0v) is 19.5. The fourth-order valence-corrected chi connectivity index (χ4v) is 6.07. The minimum absolute atomic E-state index is 0.0980. The van der Waals surface area contributed by atoms with Gasteiger partial charge in [0.05, 0.1) is 11.9 Å². The third-order valence-corrected chi connectivity index (χ3v) is 7.81. The van der Waals surface area contributed by atoms with Crippen LogP contribution in [0.2, 0.25) is 5.02 Å². The van der Waals surface area contributed by atoms with Crippen LogP contribution in [0.4, 0.5) is 0 Å². The maximum absolute atomic E-state index is 13.0. The summed E-state index contributed by atoms with van der Waals surface area (Å²) in [6.45, 7) is 2.62. The number of likely N-dealkylation sites (tertiary alicyclic amines) is 1. The molecule has 0 spiro atoms. The van der Waals surface area contributed by atoms with Crippen molar-refractivity contribution in [2.24, 2.45) is 0 Å². The van der Waals surface area contributed by atoms with Crippen LogP contribution in [0.15, 0.2) is 64.8 Å². The molecule has 5 nitrogen and oxygen atoms in total. The molecule has 3 aromatic heterocycles. The Kier molecular flexibility index (Phi) is 5.29. The van der Waals surface area contributed by atoms with Crippen LogP contribution in [0.25, 0.3) is 32.2 Å². The molecule has 0 aliphatic carbocycles. The molecule has 6 rings (SSSR count). The molecule has 7 heteroatoms. The lowest BCUT2D eigenvalue weighted by Gasteiger charge is -2.31. The Hall–Kier alpha value is -2.93. The summed E-state index contributed by atoms with van der Waals surface area (Å²) in [5.74, 6) is 1.27. The Bertz CT molecular complexity index is 1480. The standard InChI is InChI=1S/C26H23ClN4OS/c27-20-7-3-2-6-18(20)19-15-33-26-24(19)25(32)29-23(30-26)14-31-11-9-16(10-12-31)22-13-17-5-1-4-8-21(17)28-22/h1-8,13,15-16,28H,9-12,14H2,(H,29,30,32). The Labute approximate surface area is 200 Å². The van der Waals surface area contributed by atoms with Crippen molar-refractivity contribution in [3.8, 4) is 11.1 Å². The number of piperidine rings is 1. The molecule has 2 aromatic carbocycles. The van der Waals surface area contributed by atoms with E-state index in [0.717, 1.165) is 47.7 Å². The second-order valence-electron chi connectivity index (χ2n) is 8.68. The Balaban J connectivity index is 1.19. The minimum atomic E-state index is -0.0980. The maximum Gasteiger partial charge on any atom is 0.260 e. The van der Waals surface area contributed by atoms with Gasteiger partial charge in [0.2, 0.25) is 0 Å². The van der Waals surface area contributed by atoms with Gasteiger partial charge >= 0.3 is 0 Å². The molecule has 0 saturated carbocycles. The Morgan fingerprint density at radius 2 is 1.82 bits per heavy atom. The number of benzene rings is 2. The minimum Gasteiger partial charge on any atom is -0.358 e. The van der Waals surface area contributed by atoms with Crippen LogP contribution in [0.3, 0.4) is 0 Å². The smallest absolute Gasteiger partial charge is 0.260 e. The highest BCUT2D eigenvalue weighted by molar-refractivity contribution is 7.17. The summed E-state index contributed by atoms with van der Waals surface area (Å²) in [6.07, 6.45) is 2.18. The van der Waals surface area contributed by atoms with E-state index in [9.17, 15) is 4.79 Å². The second-order valence-corrected chi connectivity index (χ2v) is 9.95. The topological polar surface area (TPSA) is 64.8 Å². The number of para-hydroxylation sites is 1. The van der Waals surface area contributed by atoms with Gasteiger partial charge in [0.25, 0.3) is 5.56 Å². The maximum atomic E-state index is 13.0. The average molecular weight is 475 g/mol. The van der Waals surface area contributed by atoms with E-state index in [-0.39, 0.29) is 5.56 Å². The lowest BCUT2D eigenvalue weighted by atomic mass is 9.93. The summed E-state index contributed by atoms with van der Waals surface area (Å²) in [7, 11) is 0. The number of thiophene rings is 1. The first kappa shape index (κ1) is 20.7. The Morgan fingerprint density at radius 1 is 1.03 bits per heavy atom. The normalized spacial score (nSPS) is 15.5. The lowest BCUT2D eigenvalue weighted by Crippen LogP contribution is -2.33. The fourth-order valence-electron chi connectivity index (χ4n) is 4.88. The molecule has 0 atom stereocenters. The molecule has 1 aliphatic rings.